The third kappa shape index (κ3) is 1.84. The minimum absolute atomic E-state index is 0.119. The summed E-state index contributed by atoms with van der Waals surface area (Å²) in [4.78, 5) is 11.9. The van der Waals surface area contributed by atoms with Crippen LogP contribution in [-0.4, -0.2) is 12.5 Å². The maximum Gasteiger partial charge on any atom is 0.223 e. The van der Waals surface area contributed by atoms with Crippen LogP contribution >= 0.6 is 0 Å². The zero-order valence-electron chi connectivity index (χ0n) is 12.8. The van der Waals surface area contributed by atoms with Crippen LogP contribution in [0.15, 0.2) is 54.6 Å². The Hall–Kier alpha value is -2.61. The van der Waals surface area contributed by atoms with E-state index in [9.17, 15) is 4.79 Å². The van der Waals surface area contributed by atoms with Gasteiger partial charge in [0, 0.05) is 12.5 Å². The average molecular weight is 299 g/mol. The van der Waals surface area contributed by atoms with Gasteiger partial charge in [-0.2, -0.15) is 0 Å². The van der Waals surface area contributed by atoms with Crippen LogP contribution in [0.2, 0.25) is 0 Å². The fraction of sp³-hybridized carbons (Fsp3) is 0.190. The molecule has 0 aliphatic carbocycles. The number of rotatable bonds is 2. The maximum absolute atomic E-state index is 11.9. The predicted molar refractivity (Wildman–Crippen MR) is 95.0 cm³/mol. The van der Waals surface area contributed by atoms with Crippen LogP contribution in [-0.2, 0) is 11.2 Å². The van der Waals surface area contributed by atoms with Crippen LogP contribution in [0.5, 0.6) is 0 Å². The lowest BCUT2D eigenvalue weighted by Gasteiger charge is -2.15. The molecule has 1 unspecified atom stereocenters. The first kappa shape index (κ1) is 12.9. The molecule has 2 heteroatoms. The number of benzene rings is 4. The van der Waals surface area contributed by atoms with Gasteiger partial charge in [0.05, 0.1) is 0 Å². The van der Waals surface area contributed by atoms with Gasteiger partial charge in [0.1, 0.15) is 0 Å². The molecular weight excluding hydrogens is 282 g/mol. The van der Waals surface area contributed by atoms with E-state index in [0.717, 1.165) is 19.4 Å². The molecule has 4 aromatic carbocycles. The number of carbonyl (C=O) groups excluding carboxylic acids is 1. The Morgan fingerprint density at radius 2 is 1.57 bits per heavy atom. The Balaban J connectivity index is 1.79. The molecule has 112 valence electrons. The van der Waals surface area contributed by atoms with Crippen LogP contribution in [0.1, 0.15) is 12.0 Å². The summed E-state index contributed by atoms with van der Waals surface area (Å²) in [5.74, 6) is 0.323. The molecule has 1 aliphatic rings. The SMILES string of the molecule is O=C1NCCC1Cc1ccc2ccc3cccc4ccc1c2c34. The first-order chi connectivity index (χ1) is 11.3. The first-order valence-corrected chi connectivity index (χ1v) is 8.24. The monoisotopic (exact) mass is 299 g/mol. The summed E-state index contributed by atoms with van der Waals surface area (Å²) < 4.78 is 0. The topological polar surface area (TPSA) is 29.1 Å². The van der Waals surface area contributed by atoms with Crippen molar-refractivity contribution in [3.63, 3.8) is 0 Å². The predicted octanol–water partition coefficient (Wildman–Crippen LogP) is 4.26. The van der Waals surface area contributed by atoms with Crippen molar-refractivity contribution in [3.05, 3.63) is 60.2 Å². The molecule has 1 N–H and O–H groups in total. The highest BCUT2D eigenvalue weighted by Gasteiger charge is 2.25. The molecule has 0 aromatic heterocycles. The lowest BCUT2D eigenvalue weighted by atomic mass is 9.88. The van der Waals surface area contributed by atoms with Crippen molar-refractivity contribution in [3.8, 4) is 0 Å². The summed E-state index contributed by atoms with van der Waals surface area (Å²) in [6.45, 7) is 0.815. The zero-order valence-corrected chi connectivity index (χ0v) is 12.8. The van der Waals surface area contributed by atoms with E-state index in [0.29, 0.717) is 0 Å². The van der Waals surface area contributed by atoms with Crippen molar-refractivity contribution in [2.24, 2.45) is 5.92 Å². The van der Waals surface area contributed by atoms with Crippen LogP contribution in [0, 0.1) is 5.92 Å². The summed E-state index contributed by atoms with van der Waals surface area (Å²) in [6, 6.07) is 19.7. The number of carbonyl (C=O) groups is 1. The molecule has 0 saturated carbocycles. The minimum Gasteiger partial charge on any atom is -0.356 e. The summed E-state index contributed by atoms with van der Waals surface area (Å²) >= 11 is 0. The Morgan fingerprint density at radius 3 is 2.30 bits per heavy atom. The summed E-state index contributed by atoms with van der Waals surface area (Å²) in [7, 11) is 0. The molecule has 1 heterocycles. The molecule has 4 aromatic rings. The van der Waals surface area contributed by atoms with Gasteiger partial charge < -0.3 is 5.32 Å². The third-order valence-electron chi connectivity index (χ3n) is 5.25. The van der Waals surface area contributed by atoms with E-state index < -0.39 is 0 Å². The van der Waals surface area contributed by atoms with Crippen molar-refractivity contribution >= 4 is 38.2 Å². The first-order valence-electron chi connectivity index (χ1n) is 8.24. The molecule has 1 amide bonds. The van der Waals surface area contributed by atoms with E-state index in [2.05, 4.69) is 59.9 Å². The smallest absolute Gasteiger partial charge is 0.223 e. The molecule has 0 radical (unpaired) electrons. The fourth-order valence-electron chi connectivity index (χ4n) is 4.08. The van der Waals surface area contributed by atoms with Gasteiger partial charge in [-0.05, 0) is 50.7 Å². The molecular formula is C21H17NO. The van der Waals surface area contributed by atoms with Crippen molar-refractivity contribution in [2.75, 3.05) is 6.54 Å². The van der Waals surface area contributed by atoms with Gasteiger partial charge in [0.2, 0.25) is 5.91 Å². The molecule has 5 rings (SSSR count). The highest BCUT2D eigenvalue weighted by molar-refractivity contribution is 6.23. The Bertz CT molecular complexity index is 1030. The van der Waals surface area contributed by atoms with Crippen LogP contribution in [0.3, 0.4) is 0 Å². The summed E-state index contributed by atoms with van der Waals surface area (Å²) in [6.07, 6.45) is 1.78. The Kier molecular flexibility index (Phi) is 2.63. The molecule has 0 spiro atoms. The van der Waals surface area contributed by atoms with Crippen molar-refractivity contribution < 1.29 is 4.79 Å². The lowest BCUT2D eigenvalue weighted by Crippen LogP contribution is -2.20. The van der Waals surface area contributed by atoms with Crippen molar-refractivity contribution in [1.29, 1.82) is 0 Å². The van der Waals surface area contributed by atoms with Crippen molar-refractivity contribution in [2.45, 2.75) is 12.8 Å². The molecule has 0 bridgehead atoms. The summed E-state index contributed by atoms with van der Waals surface area (Å²) in [5, 5.41) is 10.8. The number of hydrogen-bond acceptors (Lipinski definition) is 1. The van der Waals surface area contributed by atoms with E-state index in [1.165, 1.54) is 37.9 Å². The molecule has 23 heavy (non-hydrogen) atoms. The van der Waals surface area contributed by atoms with Gasteiger partial charge >= 0.3 is 0 Å². The highest BCUT2D eigenvalue weighted by Crippen LogP contribution is 2.36. The second-order valence-electron chi connectivity index (χ2n) is 6.56. The number of nitrogens with one attached hydrogen (secondary N) is 1. The maximum atomic E-state index is 11.9. The minimum atomic E-state index is 0.119. The second-order valence-corrected chi connectivity index (χ2v) is 6.56. The van der Waals surface area contributed by atoms with Gasteiger partial charge in [-0.25, -0.2) is 0 Å². The van der Waals surface area contributed by atoms with Gasteiger partial charge in [-0.3, -0.25) is 4.79 Å². The van der Waals surface area contributed by atoms with Gasteiger partial charge in [-0.15, -0.1) is 0 Å². The normalized spacial score (nSPS) is 18.3. The largest absolute Gasteiger partial charge is 0.356 e. The van der Waals surface area contributed by atoms with Crippen molar-refractivity contribution in [1.82, 2.24) is 5.32 Å². The molecule has 1 atom stereocenters. The zero-order chi connectivity index (χ0) is 15.4. The molecule has 1 saturated heterocycles. The van der Waals surface area contributed by atoms with Gasteiger partial charge in [-0.1, -0.05) is 54.6 Å². The van der Waals surface area contributed by atoms with E-state index in [-0.39, 0.29) is 11.8 Å². The summed E-state index contributed by atoms with van der Waals surface area (Å²) in [5.41, 5.74) is 1.29. The highest BCUT2D eigenvalue weighted by atomic mass is 16.2. The third-order valence-corrected chi connectivity index (χ3v) is 5.25. The standard InChI is InChI=1S/C21H17NO/c23-21-17(10-11-22-21)12-16-7-6-15-5-4-13-2-1-3-14-8-9-18(16)20(15)19(13)14/h1-9,17H,10-12H2,(H,22,23). The Morgan fingerprint density at radius 1 is 0.870 bits per heavy atom. The van der Waals surface area contributed by atoms with E-state index in [4.69, 9.17) is 0 Å². The van der Waals surface area contributed by atoms with Crippen LogP contribution in [0.25, 0.3) is 32.3 Å². The second kappa shape index (κ2) is 4.69. The average Bonchev–Trinajstić information content (AvgIpc) is 2.99. The van der Waals surface area contributed by atoms with E-state index in [1.807, 2.05) is 0 Å². The van der Waals surface area contributed by atoms with Gasteiger partial charge in [0.25, 0.3) is 0 Å². The quantitative estimate of drug-likeness (QED) is 0.550. The van der Waals surface area contributed by atoms with E-state index >= 15 is 0 Å². The van der Waals surface area contributed by atoms with Crippen LogP contribution in [0.4, 0.5) is 0 Å². The number of amides is 1. The fourth-order valence-corrected chi connectivity index (χ4v) is 4.08. The molecule has 1 aliphatic heterocycles. The van der Waals surface area contributed by atoms with E-state index in [1.54, 1.807) is 0 Å². The number of hydrogen-bond donors (Lipinski definition) is 1. The lowest BCUT2D eigenvalue weighted by molar-refractivity contribution is -0.122. The Labute approximate surface area is 134 Å². The molecule has 2 nitrogen and oxygen atoms in total. The molecule has 1 fully saturated rings. The van der Waals surface area contributed by atoms with Gasteiger partial charge in [0.15, 0.2) is 0 Å². The van der Waals surface area contributed by atoms with Crippen LogP contribution < -0.4 is 5.32 Å².